The molecule has 3 nitrogen and oxygen atoms in total. The zero-order chi connectivity index (χ0) is 14.1. The fraction of sp³-hybridized carbons (Fsp3) is 0.143. The number of hydrogen-bond donors (Lipinski definition) is 1. The summed E-state index contributed by atoms with van der Waals surface area (Å²) in [4.78, 5) is 10.7. The van der Waals surface area contributed by atoms with Gasteiger partial charge in [-0.25, -0.2) is 9.97 Å². The van der Waals surface area contributed by atoms with E-state index < -0.39 is 0 Å². The number of nitrogens with zero attached hydrogens (tertiary/aromatic N) is 2. The molecule has 0 spiro atoms. The van der Waals surface area contributed by atoms with Gasteiger partial charge in [-0.1, -0.05) is 28.1 Å². The summed E-state index contributed by atoms with van der Waals surface area (Å²) in [5.74, 6) is 0.782. The number of benzene rings is 1. The summed E-state index contributed by atoms with van der Waals surface area (Å²) in [5, 5.41) is 4.63. The van der Waals surface area contributed by atoms with Gasteiger partial charge in [0.1, 0.15) is 10.6 Å². The third-order valence-corrected chi connectivity index (χ3v) is 4.44. The van der Waals surface area contributed by atoms with Gasteiger partial charge in [-0.15, -0.1) is 11.3 Å². The minimum atomic E-state index is 0.274. The van der Waals surface area contributed by atoms with E-state index in [1.165, 1.54) is 10.4 Å². The molecule has 3 rings (SSSR count). The minimum absolute atomic E-state index is 0.274. The van der Waals surface area contributed by atoms with E-state index in [9.17, 15) is 0 Å². The molecular formula is C14H11BrClN3S. The molecular weight excluding hydrogens is 358 g/mol. The van der Waals surface area contributed by atoms with Gasteiger partial charge in [-0.05, 0) is 42.3 Å². The van der Waals surface area contributed by atoms with Crippen molar-refractivity contribution in [2.45, 2.75) is 13.5 Å². The van der Waals surface area contributed by atoms with Crippen LogP contribution in [0.3, 0.4) is 0 Å². The van der Waals surface area contributed by atoms with E-state index in [-0.39, 0.29) is 5.28 Å². The third kappa shape index (κ3) is 2.95. The van der Waals surface area contributed by atoms with Crippen LogP contribution in [0.25, 0.3) is 10.2 Å². The monoisotopic (exact) mass is 367 g/mol. The van der Waals surface area contributed by atoms with Crippen molar-refractivity contribution in [1.82, 2.24) is 9.97 Å². The van der Waals surface area contributed by atoms with Gasteiger partial charge in [-0.3, -0.25) is 0 Å². The molecule has 0 amide bonds. The SMILES string of the molecule is Cc1cc2c(NCc3cccc(Br)c3)nc(Cl)nc2s1. The maximum Gasteiger partial charge on any atom is 0.225 e. The molecule has 2 aromatic heterocycles. The third-order valence-electron chi connectivity index (χ3n) is 2.84. The zero-order valence-electron chi connectivity index (χ0n) is 10.7. The number of fused-ring (bicyclic) bond motifs is 1. The first-order valence-corrected chi connectivity index (χ1v) is 8.02. The molecule has 0 aliphatic rings. The Bertz CT molecular complexity index is 772. The van der Waals surface area contributed by atoms with Gasteiger partial charge in [0.15, 0.2) is 0 Å². The van der Waals surface area contributed by atoms with Crippen LogP contribution in [0.1, 0.15) is 10.4 Å². The Labute approximate surface area is 134 Å². The largest absolute Gasteiger partial charge is 0.365 e. The second kappa shape index (κ2) is 5.68. The number of aromatic nitrogens is 2. The summed E-state index contributed by atoms with van der Waals surface area (Å²) >= 11 is 11.1. The highest BCUT2D eigenvalue weighted by Gasteiger charge is 2.09. The highest BCUT2D eigenvalue weighted by molar-refractivity contribution is 9.10. The molecule has 3 aromatic rings. The maximum atomic E-state index is 5.98. The van der Waals surface area contributed by atoms with E-state index in [1.807, 2.05) is 12.1 Å². The van der Waals surface area contributed by atoms with Crippen LogP contribution in [0.4, 0.5) is 5.82 Å². The fourth-order valence-corrected chi connectivity index (χ4v) is 3.53. The van der Waals surface area contributed by atoms with Crippen LogP contribution in [0.5, 0.6) is 0 Å². The Hall–Kier alpha value is -1.17. The van der Waals surface area contributed by atoms with Gasteiger partial charge in [0.25, 0.3) is 0 Å². The lowest BCUT2D eigenvalue weighted by molar-refractivity contribution is 1.10. The molecule has 0 atom stereocenters. The standard InChI is InChI=1S/C14H11BrClN3S/c1-8-5-11-12(18-14(16)19-13(11)20-8)17-7-9-3-2-4-10(15)6-9/h2-6H,7H2,1H3,(H,17,18,19). The van der Waals surface area contributed by atoms with E-state index in [1.54, 1.807) is 11.3 Å². The first-order chi connectivity index (χ1) is 9.61. The summed E-state index contributed by atoms with van der Waals surface area (Å²) in [7, 11) is 0. The molecule has 102 valence electrons. The van der Waals surface area contributed by atoms with Crippen molar-refractivity contribution in [3.05, 3.63) is 50.5 Å². The van der Waals surface area contributed by atoms with Gasteiger partial charge in [0.05, 0.1) is 5.39 Å². The van der Waals surface area contributed by atoms with Crippen LogP contribution in [0, 0.1) is 6.92 Å². The van der Waals surface area contributed by atoms with E-state index in [2.05, 4.69) is 56.3 Å². The molecule has 0 bridgehead atoms. The molecule has 0 aliphatic carbocycles. The van der Waals surface area contributed by atoms with E-state index in [0.29, 0.717) is 6.54 Å². The topological polar surface area (TPSA) is 37.8 Å². The van der Waals surface area contributed by atoms with Gasteiger partial charge >= 0.3 is 0 Å². The lowest BCUT2D eigenvalue weighted by atomic mass is 10.2. The normalized spacial score (nSPS) is 10.9. The number of nitrogens with one attached hydrogen (secondary N) is 1. The number of hydrogen-bond acceptors (Lipinski definition) is 4. The molecule has 2 heterocycles. The van der Waals surface area contributed by atoms with Crippen LogP contribution in [0.2, 0.25) is 5.28 Å². The van der Waals surface area contributed by atoms with Gasteiger partial charge in [-0.2, -0.15) is 0 Å². The van der Waals surface area contributed by atoms with Crippen molar-refractivity contribution < 1.29 is 0 Å². The molecule has 0 unspecified atom stereocenters. The molecule has 0 aliphatic heterocycles. The number of anilines is 1. The lowest BCUT2D eigenvalue weighted by Gasteiger charge is -2.07. The smallest absolute Gasteiger partial charge is 0.225 e. The second-order valence-corrected chi connectivity index (χ2v) is 6.89. The highest BCUT2D eigenvalue weighted by Crippen LogP contribution is 2.29. The Morgan fingerprint density at radius 1 is 1.30 bits per heavy atom. The molecule has 0 radical (unpaired) electrons. The van der Waals surface area contributed by atoms with Crippen molar-refractivity contribution in [1.29, 1.82) is 0 Å². The number of rotatable bonds is 3. The van der Waals surface area contributed by atoms with E-state index in [0.717, 1.165) is 20.5 Å². The lowest BCUT2D eigenvalue weighted by Crippen LogP contribution is -2.02. The van der Waals surface area contributed by atoms with E-state index >= 15 is 0 Å². The molecule has 0 fully saturated rings. The molecule has 0 saturated heterocycles. The maximum absolute atomic E-state index is 5.98. The Morgan fingerprint density at radius 3 is 2.95 bits per heavy atom. The Morgan fingerprint density at radius 2 is 2.15 bits per heavy atom. The fourth-order valence-electron chi connectivity index (χ4n) is 1.98. The molecule has 1 N–H and O–H groups in total. The average molecular weight is 369 g/mol. The molecule has 1 aromatic carbocycles. The summed E-state index contributed by atoms with van der Waals surface area (Å²) in [5.41, 5.74) is 1.18. The van der Waals surface area contributed by atoms with Crippen LogP contribution in [-0.2, 0) is 6.54 Å². The Kier molecular flexibility index (Phi) is 3.92. The number of halogens is 2. The molecule has 6 heteroatoms. The van der Waals surface area contributed by atoms with Crippen molar-refractivity contribution in [3.8, 4) is 0 Å². The Balaban J connectivity index is 1.90. The van der Waals surface area contributed by atoms with Gasteiger partial charge < -0.3 is 5.32 Å². The predicted octanol–water partition coefficient (Wildman–Crippen LogP) is 5.03. The average Bonchev–Trinajstić information content (AvgIpc) is 2.76. The van der Waals surface area contributed by atoms with Crippen LogP contribution in [0.15, 0.2) is 34.8 Å². The van der Waals surface area contributed by atoms with Crippen LogP contribution in [-0.4, -0.2) is 9.97 Å². The highest BCUT2D eigenvalue weighted by atomic mass is 79.9. The van der Waals surface area contributed by atoms with Crippen LogP contribution >= 0.6 is 38.9 Å². The summed E-state index contributed by atoms with van der Waals surface area (Å²) in [6, 6.07) is 10.2. The molecule has 20 heavy (non-hydrogen) atoms. The van der Waals surface area contributed by atoms with Crippen molar-refractivity contribution in [2.24, 2.45) is 0 Å². The summed E-state index contributed by atoms with van der Waals surface area (Å²) in [6.07, 6.45) is 0. The zero-order valence-corrected chi connectivity index (χ0v) is 13.8. The number of aryl methyl sites for hydroxylation is 1. The van der Waals surface area contributed by atoms with Crippen molar-refractivity contribution in [3.63, 3.8) is 0 Å². The first-order valence-electron chi connectivity index (χ1n) is 6.04. The van der Waals surface area contributed by atoms with Crippen LogP contribution < -0.4 is 5.32 Å². The molecule has 0 saturated carbocycles. The summed E-state index contributed by atoms with van der Waals surface area (Å²) < 4.78 is 1.06. The van der Waals surface area contributed by atoms with Gasteiger partial charge in [0.2, 0.25) is 5.28 Å². The van der Waals surface area contributed by atoms with Gasteiger partial charge in [0, 0.05) is 15.9 Å². The first kappa shape index (κ1) is 13.8. The van der Waals surface area contributed by atoms with Crippen molar-refractivity contribution >= 4 is 54.9 Å². The quantitative estimate of drug-likeness (QED) is 0.659. The second-order valence-electron chi connectivity index (χ2n) is 4.40. The van der Waals surface area contributed by atoms with E-state index in [4.69, 9.17) is 11.6 Å². The summed E-state index contributed by atoms with van der Waals surface area (Å²) in [6.45, 7) is 2.75. The predicted molar refractivity (Wildman–Crippen MR) is 88.6 cm³/mol. The van der Waals surface area contributed by atoms with Crippen molar-refractivity contribution in [2.75, 3.05) is 5.32 Å². The minimum Gasteiger partial charge on any atom is -0.365 e. The number of thiophene rings is 1.